The number of nitriles is 1. The van der Waals surface area contributed by atoms with Crippen LogP contribution in [0.15, 0.2) is 85.3 Å². The molecule has 2 unspecified atom stereocenters. The van der Waals surface area contributed by atoms with Crippen molar-refractivity contribution >= 4 is 18.0 Å². The van der Waals surface area contributed by atoms with Gasteiger partial charge in [0.05, 0.1) is 24.4 Å². The molecule has 2 N–H and O–H groups in total. The lowest BCUT2D eigenvalue weighted by atomic mass is 9.98. The summed E-state index contributed by atoms with van der Waals surface area (Å²) in [6.45, 7) is 2.83. The molecular weight excluding hydrogens is 452 g/mol. The minimum Gasteiger partial charge on any atom is -0.309 e. The second-order valence-electron chi connectivity index (χ2n) is 8.43. The SMILES string of the molecule is CC(CNC(C(=O)Nc1ccc(-c2cnn(CC=O)c2)cn1)c1ccccc1)c1ccc(C#N)cc1. The quantitative estimate of drug-likeness (QED) is 0.332. The fourth-order valence-electron chi connectivity index (χ4n) is 3.83. The number of benzene rings is 2. The van der Waals surface area contributed by atoms with Gasteiger partial charge >= 0.3 is 0 Å². The van der Waals surface area contributed by atoms with Gasteiger partial charge in [0.1, 0.15) is 18.1 Å². The standard InChI is InChI=1S/C28H26N6O2/c1-20(22-9-7-21(15-29)8-10-22)16-31-27(23-5-3-2-4-6-23)28(36)33-26-12-11-24(17-30-26)25-18-32-34(19-25)13-14-35/h2-12,14,17-20,27,31H,13,16H2,1H3,(H,30,33,36). The van der Waals surface area contributed by atoms with Crippen molar-refractivity contribution in [3.63, 3.8) is 0 Å². The molecule has 2 aromatic heterocycles. The summed E-state index contributed by atoms with van der Waals surface area (Å²) in [4.78, 5) is 28.3. The van der Waals surface area contributed by atoms with Crippen LogP contribution in [-0.2, 0) is 16.1 Å². The Morgan fingerprint density at radius 2 is 1.81 bits per heavy atom. The molecule has 8 nitrogen and oxygen atoms in total. The van der Waals surface area contributed by atoms with Crippen molar-refractivity contribution in [2.75, 3.05) is 11.9 Å². The number of nitrogens with zero attached hydrogens (tertiary/aromatic N) is 4. The summed E-state index contributed by atoms with van der Waals surface area (Å²) >= 11 is 0. The van der Waals surface area contributed by atoms with Crippen molar-refractivity contribution in [1.29, 1.82) is 5.26 Å². The highest BCUT2D eigenvalue weighted by atomic mass is 16.2. The third-order valence-corrected chi connectivity index (χ3v) is 5.87. The first kappa shape index (κ1) is 24.5. The predicted octanol–water partition coefficient (Wildman–Crippen LogP) is 4.09. The molecule has 8 heteroatoms. The number of aromatic nitrogens is 3. The number of rotatable bonds is 10. The maximum Gasteiger partial charge on any atom is 0.247 e. The van der Waals surface area contributed by atoms with Crippen LogP contribution in [0.2, 0.25) is 0 Å². The van der Waals surface area contributed by atoms with Crippen molar-refractivity contribution < 1.29 is 9.59 Å². The van der Waals surface area contributed by atoms with E-state index >= 15 is 0 Å². The minimum atomic E-state index is -0.574. The third kappa shape index (κ3) is 6.09. The molecule has 0 fully saturated rings. The average molecular weight is 479 g/mol. The van der Waals surface area contributed by atoms with Gasteiger partial charge in [-0.25, -0.2) is 4.98 Å². The third-order valence-electron chi connectivity index (χ3n) is 5.87. The Bertz CT molecular complexity index is 1340. The highest BCUT2D eigenvalue weighted by molar-refractivity contribution is 5.95. The number of amides is 1. The van der Waals surface area contributed by atoms with E-state index in [1.165, 1.54) is 0 Å². The zero-order chi connectivity index (χ0) is 25.3. The number of hydrogen-bond donors (Lipinski definition) is 2. The molecular formula is C28H26N6O2. The monoisotopic (exact) mass is 478 g/mol. The molecule has 0 radical (unpaired) electrons. The molecule has 36 heavy (non-hydrogen) atoms. The van der Waals surface area contributed by atoms with Crippen molar-refractivity contribution in [3.8, 4) is 17.2 Å². The van der Waals surface area contributed by atoms with Gasteiger partial charge in [-0.05, 0) is 41.3 Å². The van der Waals surface area contributed by atoms with Crippen molar-refractivity contribution in [1.82, 2.24) is 20.1 Å². The summed E-state index contributed by atoms with van der Waals surface area (Å²) in [6.07, 6.45) is 5.89. The predicted molar refractivity (Wildman–Crippen MR) is 137 cm³/mol. The van der Waals surface area contributed by atoms with E-state index in [4.69, 9.17) is 5.26 Å². The highest BCUT2D eigenvalue weighted by Gasteiger charge is 2.22. The fraction of sp³-hybridized carbons (Fsp3) is 0.179. The highest BCUT2D eigenvalue weighted by Crippen LogP contribution is 2.21. The van der Waals surface area contributed by atoms with Crippen LogP contribution in [0.4, 0.5) is 5.82 Å². The van der Waals surface area contributed by atoms with E-state index in [0.717, 1.165) is 28.5 Å². The van der Waals surface area contributed by atoms with E-state index in [-0.39, 0.29) is 18.4 Å². The maximum absolute atomic E-state index is 13.3. The van der Waals surface area contributed by atoms with Crippen LogP contribution < -0.4 is 10.6 Å². The molecule has 2 heterocycles. The summed E-state index contributed by atoms with van der Waals surface area (Å²) in [7, 11) is 0. The number of pyridine rings is 1. The maximum atomic E-state index is 13.3. The summed E-state index contributed by atoms with van der Waals surface area (Å²) in [5, 5.41) is 19.5. The lowest BCUT2D eigenvalue weighted by Gasteiger charge is -2.21. The average Bonchev–Trinajstić information content (AvgIpc) is 3.38. The Morgan fingerprint density at radius 3 is 2.47 bits per heavy atom. The van der Waals surface area contributed by atoms with Crippen LogP contribution in [0, 0.1) is 11.3 Å². The van der Waals surface area contributed by atoms with Crippen molar-refractivity contribution in [2.24, 2.45) is 0 Å². The van der Waals surface area contributed by atoms with Crippen molar-refractivity contribution in [2.45, 2.75) is 25.4 Å². The van der Waals surface area contributed by atoms with E-state index < -0.39 is 6.04 Å². The minimum absolute atomic E-state index is 0.134. The van der Waals surface area contributed by atoms with Crippen LogP contribution >= 0.6 is 0 Å². The normalized spacial score (nSPS) is 12.3. The Labute approximate surface area is 209 Å². The smallest absolute Gasteiger partial charge is 0.247 e. The first-order chi connectivity index (χ1) is 17.6. The van der Waals surface area contributed by atoms with Gasteiger partial charge in [-0.1, -0.05) is 49.4 Å². The molecule has 2 atom stereocenters. The molecule has 0 bridgehead atoms. The molecule has 0 saturated heterocycles. The van der Waals surface area contributed by atoms with Gasteiger partial charge in [0, 0.05) is 30.1 Å². The number of hydrogen-bond acceptors (Lipinski definition) is 6. The number of carbonyl (C=O) groups excluding carboxylic acids is 2. The second kappa shape index (κ2) is 11.7. The number of carbonyl (C=O) groups is 2. The van der Waals surface area contributed by atoms with Gasteiger partial charge in [0.2, 0.25) is 5.91 Å². The molecule has 0 saturated carbocycles. The molecule has 4 rings (SSSR count). The second-order valence-corrected chi connectivity index (χ2v) is 8.43. The number of aldehydes is 1. The van der Waals surface area contributed by atoms with Gasteiger partial charge in [0.15, 0.2) is 0 Å². The Hall–Kier alpha value is -4.61. The van der Waals surface area contributed by atoms with Gasteiger partial charge in [-0.2, -0.15) is 10.4 Å². The molecule has 1 amide bonds. The summed E-state index contributed by atoms with van der Waals surface area (Å²) < 4.78 is 1.55. The van der Waals surface area contributed by atoms with E-state index in [9.17, 15) is 9.59 Å². The van der Waals surface area contributed by atoms with Crippen molar-refractivity contribution in [3.05, 3.63) is 102 Å². The van der Waals surface area contributed by atoms with Crippen LogP contribution in [0.3, 0.4) is 0 Å². The summed E-state index contributed by atoms with van der Waals surface area (Å²) in [5.41, 5.74) is 4.22. The molecule has 2 aromatic carbocycles. The van der Waals surface area contributed by atoms with Gasteiger partial charge in [-0.15, -0.1) is 0 Å². The van der Waals surface area contributed by atoms with Gasteiger partial charge in [0.25, 0.3) is 0 Å². The molecule has 0 aliphatic rings. The first-order valence-corrected chi connectivity index (χ1v) is 11.6. The molecule has 4 aromatic rings. The van der Waals surface area contributed by atoms with E-state index in [1.54, 1.807) is 41.5 Å². The largest absolute Gasteiger partial charge is 0.309 e. The summed E-state index contributed by atoms with van der Waals surface area (Å²) in [6, 6.07) is 22.2. The van der Waals surface area contributed by atoms with Crippen LogP contribution in [0.5, 0.6) is 0 Å². The van der Waals surface area contributed by atoms with Gasteiger partial charge < -0.3 is 15.4 Å². The molecule has 0 aliphatic carbocycles. The lowest BCUT2D eigenvalue weighted by Crippen LogP contribution is -2.35. The summed E-state index contributed by atoms with van der Waals surface area (Å²) in [5.74, 6) is 0.355. The fourth-order valence-corrected chi connectivity index (χ4v) is 3.83. The first-order valence-electron chi connectivity index (χ1n) is 11.6. The topological polar surface area (TPSA) is 113 Å². The lowest BCUT2D eigenvalue weighted by molar-refractivity contribution is -0.118. The van der Waals surface area contributed by atoms with Crippen LogP contribution in [-0.4, -0.2) is 33.5 Å². The van der Waals surface area contributed by atoms with E-state index in [0.29, 0.717) is 17.9 Å². The van der Waals surface area contributed by atoms with E-state index in [2.05, 4.69) is 33.7 Å². The van der Waals surface area contributed by atoms with Crippen LogP contribution in [0.25, 0.3) is 11.1 Å². The molecule has 0 spiro atoms. The number of nitrogens with one attached hydrogen (secondary N) is 2. The van der Waals surface area contributed by atoms with Gasteiger partial charge in [-0.3, -0.25) is 9.48 Å². The zero-order valence-corrected chi connectivity index (χ0v) is 19.8. The number of anilines is 1. The van der Waals surface area contributed by atoms with Crippen LogP contribution in [0.1, 0.15) is 35.6 Å². The Morgan fingerprint density at radius 1 is 1.03 bits per heavy atom. The van der Waals surface area contributed by atoms with E-state index in [1.807, 2.05) is 48.5 Å². The Kier molecular flexibility index (Phi) is 7.96. The molecule has 0 aliphatic heterocycles. The zero-order valence-electron chi connectivity index (χ0n) is 19.8. The Balaban J connectivity index is 1.44. The molecule has 180 valence electrons.